The number of nitrogens with one attached hydrogen (secondary N) is 1. The summed E-state index contributed by atoms with van der Waals surface area (Å²) in [7, 11) is 0. The van der Waals surface area contributed by atoms with Gasteiger partial charge in [0.05, 0.1) is 4.92 Å². The highest BCUT2D eigenvalue weighted by atomic mass is 16.6. The minimum atomic E-state index is -0.432. The van der Waals surface area contributed by atoms with Gasteiger partial charge in [0.15, 0.2) is 0 Å². The van der Waals surface area contributed by atoms with Crippen LogP contribution in [0.2, 0.25) is 0 Å². The fourth-order valence-electron chi connectivity index (χ4n) is 2.96. The first kappa shape index (κ1) is 21.4. The maximum absolute atomic E-state index is 12.8. The number of rotatable bonds is 11. The number of nitrogens with zero attached hydrogens (tertiary/aromatic N) is 1. The van der Waals surface area contributed by atoms with Crippen LogP contribution in [0.3, 0.4) is 0 Å². The summed E-state index contributed by atoms with van der Waals surface area (Å²) in [5.41, 5.74) is 2.16. The van der Waals surface area contributed by atoms with E-state index < -0.39 is 4.92 Å². The Morgan fingerprint density at radius 1 is 0.964 bits per heavy atom. The van der Waals surface area contributed by atoms with E-state index in [-0.39, 0.29) is 11.6 Å². The SMILES string of the molecule is CCCCCCCCNC(=O)/C(=C/c1ccc([N+](=O)[O-])cc1)c1ccccc1. The molecule has 0 aliphatic rings. The summed E-state index contributed by atoms with van der Waals surface area (Å²) in [6, 6.07) is 15.7. The molecule has 0 heterocycles. The number of hydrogen-bond donors (Lipinski definition) is 1. The van der Waals surface area contributed by atoms with Crippen molar-refractivity contribution in [3.05, 3.63) is 75.8 Å². The van der Waals surface area contributed by atoms with Gasteiger partial charge >= 0.3 is 0 Å². The first-order valence-corrected chi connectivity index (χ1v) is 9.91. The molecule has 0 radical (unpaired) electrons. The Labute approximate surface area is 166 Å². The summed E-state index contributed by atoms with van der Waals surface area (Å²) in [6.45, 7) is 2.85. The van der Waals surface area contributed by atoms with Gasteiger partial charge in [0.1, 0.15) is 0 Å². The Morgan fingerprint density at radius 2 is 1.61 bits per heavy atom. The van der Waals surface area contributed by atoms with Crippen molar-refractivity contribution in [2.45, 2.75) is 45.4 Å². The second-order valence-electron chi connectivity index (χ2n) is 6.80. The van der Waals surface area contributed by atoms with Gasteiger partial charge < -0.3 is 5.32 Å². The quantitative estimate of drug-likeness (QED) is 0.181. The van der Waals surface area contributed by atoms with Crippen LogP contribution in [0.1, 0.15) is 56.6 Å². The molecular weight excluding hydrogens is 352 g/mol. The fraction of sp³-hybridized carbons (Fsp3) is 0.348. The summed E-state index contributed by atoms with van der Waals surface area (Å²) in [4.78, 5) is 23.2. The average Bonchev–Trinajstić information content (AvgIpc) is 2.72. The van der Waals surface area contributed by atoms with Crippen molar-refractivity contribution in [2.24, 2.45) is 0 Å². The topological polar surface area (TPSA) is 72.2 Å². The van der Waals surface area contributed by atoms with Gasteiger partial charge in [0.25, 0.3) is 11.6 Å². The molecule has 0 bridgehead atoms. The van der Waals surface area contributed by atoms with E-state index in [9.17, 15) is 14.9 Å². The lowest BCUT2D eigenvalue weighted by Crippen LogP contribution is -2.25. The van der Waals surface area contributed by atoms with Crippen LogP contribution in [0.15, 0.2) is 54.6 Å². The molecule has 2 aromatic carbocycles. The van der Waals surface area contributed by atoms with E-state index >= 15 is 0 Å². The van der Waals surface area contributed by atoms with Gasteiger partial charge in [0, 0.05) is 24.3 Å². The summed E-state index contributed by atoms with van der Waals surface area (Å²) < 4.78 is 0. The van der Waals surface area contributed by atoms with Crippen LogP contribution in [-0.2, 0) is 4.79 Å². The lowest BCUT2D eigenvalue weighted by atomic mass is 10.0. The second kappa shape index (κ2) is 11.7. The van der Waals surface area contributed by atoms with Crippen molar-refractivity contribution < 1.29 is 9.72 Å². The maximum Gasteiger partial charge on any atom is 0.269 e. The van der Waals surface area contributed by atoms with Gasteiger partial charge in [0.2, 0.25) is 0 Å². The smallest absolute Gasteiger partial charge is 0.269 e. The standard InChI is InChI=1S/C23H28N2O3/c1-2-3-4-5-6-10-17-24-23(26)22(20-11-8-7-9-12-20)18-19-13-15-21(16-14-19)25(27)28/h7-9,11-16,18H,2-6,10,17H2,1H3,(H,24,26)/b22-18+. The number of carbonyl (C=O) groups is 1. The van der Waals surface area contributed by atoms with E-state index in [0.29, 0.717) is 12.1 Å². The fourth-order valence-corrected chi connectivity index (χ4v) is 2.96. The van der Waals surface area contributed by atoms with Crippen molar-refractivity contribution in [3.63, 3.8) is 0 Å². The zero-order valence-electron chi connectivity index (χ0n) is 16.4. The molecule has 28 heavy (non-hydrogen) atoms. The van der Waals surface area contributed by atoms with Crippen molar-refractivity contribution in [2.75, 3.05) is 6.54 Å². The number of amides is 1. The van der Waals surface area contributed by atoms with E-state index in [1.54, 1.807) is 18.2 Å². The highest BCUT2D eigenvalue weighted by molar-refractivity contribution is 6.24. The number of hydrogen-bond acceptors (Lipinski definition) is 3. The van der Waals surface area contributed by atoms with Crippen molar-refractivity contribution in [3.8, 4) is 0 Å². The lowest BCUT2D eigenvalue weighted by molar-refractivity contribution is -0.384. The molecule has 0 aromatic heterocycles. The van der Waals surface area contributed by atoms with Crippen LogP contribution in [0.25, 0.3) is 11.6 Å². The van der Waals surface area contributed by atoms with E-state index in [2.05, 4.69) is 12.2 Å². The number of non-ortho nitro benzene ring substituents is 1. The normalized spacial score (nSPS) is 11.2. The van der Waals surface area contributed by atoms with E-state index in [4.69, 9.17) is 0 Å². The minimum Gasteiger partial charge on any atom is -0.352 e. The Hall–Kier alpha value is -2.95. The van der Waals surface area contributed by atoms with E-state index in [0.717, 1.165) is 24.0 Å². The van der Waals surface area contributed by atoms with Crippen LogP contribution >= 0.6 is 0 Å². The zero-order valence-corrected chi connectivity index (χ0v) is 16.4. The first-order valence-electron chi connectivity index (χ1n) is 9.91. The van der Waals surface area contributed by atoms with Crippen LogP contribution < -0.4 is 5.32 Å². The molecule has 0 fully saturated rings. The van der Waals surface area contributed by atoms with Crippen LogP contribution in [0, 0.1) is 10.1 Å². The number of nitro benzene ring substituents is 1. The Balaban J connectivity index is 2.05. The van der Waals surface area contributed by atoms with Crippen LogP contribution in [0.5, 0.6) is 0 Å². The number of nitro groups is 1. The lowest BCUT2D eigenvalue weighted by Gasteiger charge is -2.10. The molecule has 0 spiro atoms. The summed E-state index contributed by atoms with van der Waals surface area (Å²) >= 11 is 0. The van der Waals surface area contributed by atoms with E-state index in [1.807, 2.05) is 30.3 Å². The van der Waals surface area contributed by atoms with Gasteiger partial charge in [-0.05, 0) is 35.8 Å². The molecule has 0 unspecified atom stereocenters. The third-order valence-corrected chi connectivity index (χ3v) is 4.56. The molecule has 1 N–H and O–H groups in total. The Kier molecular flexibility index (Phi) is 8.92. The molecule has 148 valence electrons. The monoisotopic (exact) mass is 380 g/mol. The van der Waals surface area contributed by atoms with Crippen LogP contribution in [0.4, 0.5) is 5.69 Å². The molecule has 2 aromatic rings. The molecule has 0 saturated heterocycles. The van der Waals surface area contributed by atoms with Crippen LogP contribution in [-0.4, -0.2) is 17.4 Å². The molecule has 0 aliphatic carbocycles. The average molecular weight is 380 g/mol. The van der Waals surface area contributed by atoms with Crippen molar-refractivity contribution >= 4 is 23.2 Å². The summed E-state index contributed by atoms with van der Waals surface area (Å²) in [6.07, 6.45) is 8.80. The Morgan fingerprint density at radius 3 is 2.25 bits per heavy atom. The van der Waals surface area contributed by atoms with Gasteiger partial charge in [-0.3, -0.25) is 14.9 Å². The molecule has 0 atom stereocenters. The third-order valence-electron chi connectivity index (χ3n) is 4.56. The van der Waals surface area contributed by atoms with Gasteiger partial charge in [-0.25, -0.2) is 0 Å². The Bertz CT molecular complexity index is 783. The molecule has 5 nitrogen and oxygen atoms in total. The van der Waals surface area contributed by atoms with E-state index in [1.165, 1.54) is 37.8 Å². The first-order chi connectivity index (χ1) is 13.6. The molecular formula is C23H28N2O3. The zero-order chi connectivity index (χ0) is 20.2. The highest BCUT2D eigenvalue weighted by Crippen LogP contribution is 2.20. The third kappa shape index (κ3) is 6.99. The highest BCUT2D eigenvalue weighted by Gasteiger charge is 2.12. The number of benzene rings is 2. The maximum atomic E-state index is 12.8. The molecule has 0 aliphatic heterocycles. The molecule has 5 heteroatoms. The molecule has 2 rings (SSSR count). The van der Waals surface area contributed by atoms with Gasteiger partial charge in [-0.15, -0.1) is 0 Å². The number of unbranched alkanes of at least 4 members (excludes halogenated alkanes) is 5. The largest absolute Gasteiger partial charge is 0.352 e. The van der Waals surface area contributed by atoms with Crippen molar-refractivity contribution in [1.82, 2.24) is 5.32 Å². The summed E-state index contributed by atoms with van der Waals surface area (Å²) in [5, 5.41) is 13.8. The predicted molar refractivity (Wildman–Crippen MR) is 114 cm³/mol. The van der Waals surface area contributed by atoms with Crippen molar-refractivity contribution in [1.29, 1.82) is 0 Å². The predicted octanol–water partition coefficient (Wildman–Crippen LogP) is 5.61. The minimum absolute atomic E-state index is 0.0333. The van der Waals surface area contributed by atoms with Gasteiger partial charge in [-0.1, -0.05) is 69.4 Å². The second-order valence-corrected chi connectivity index (χ2v) is 6.80. The van der Waals surface area contributed by atoms with Gasteiger partial charge in [-0.2, -0.15) is 0 Å². The number of carbonyl (C=O) groups excluding carboxylic acids is 1. The molecule has 0 saturated carbocycles. The summed E-state index contributed by atoms with van der Waals surface area (Å²) in [5.74, 6) is -0.127. The molecule has 1 amide bonds.